The minimum atomic E-state index is 0.0103. The van der Waals surface area contributed by atoms with Gasteiger partial charge in [-0.25, -0.2) is 9.97 Å². The van der Waals surface area contributed by atoms with Crippen LogP contribution in [0.5, 0.6) is 0 Å². The van der Waals surface area contributed by atoms with Gasteiger partial charge in [-0.15, -0.1) is 0 Å². The molecule has 0 radical (unpaired) electrons. The molecule has 0 atom stereocenters. The lowest BCUT2D eigenvalue weighted by Gasteiger charge is -2.22. The molecule has 5 nitrogen and oxygen atoms in total. The molecule has 0 fully saturated rings. The van der Waals surface area contributed by atoms with Crippen LogP contribution in [-0.4, -0.2) is 41.4 Å². The minimum absolute atomic E-state index is 0.0103. The molecule has 3 aromatic rings. The lowest BCUT2D eigenvalue weighted by atomic mass is 10.1. The number of aryl methyl sites for hydroxylation is 2. The monoisotopic (exact) mass is 362 g/mol. The summed E-state index contributed by atoms with van der Waals surface area (Å²) in [5, 5.41) is 0. The Hall–Kier alpha value is -2.95. The zero-order valence-corrected chi connectivity index (χ0v) is 16.7. The zero-order chi connectivity index (χ0) is 19.6. The van der Waals surface area contributed by atoms with Crippen molar-refractivity contribution in [3.05, 3.63) is 65.0 Å². The maximum Gasteiger partial charge on any atom is 0.254 e. The van der Waals surface area contributed by atoms with Crippen LogP contribution < -0.4 is 4.90 Å². The van der Waals surface area contributed by atoms with Crippen LogP contribution in [0.15, 0.2) is 42.5 Å². The molecule has 2 aromatic carbocycles. The van der Waals surface area contributed by atoms with Gasteiger partial charge in [0, 0.05) is 38.4 Å². The van der Waals surface area contributed by atoms with E-state index >= 15 is 0 Å². The number of nitrogens with zero attached hydrogens (tertiary/aromatic N) is 4. The van der Waals surface area contributed by atoms with E-state index in [1.54, 1.807) is 0 Å². The average molecular weight is 362 g/mol. The molecule has 0 aliphatic carbocycles. The first-order valence-electron chi connectivity index (χ1n) is 9.19. The minimum Gasteiger partial charge on any atom is -0.378 e. The van der Waals surface area contributed by atoms with E-state index in [2.05, 4.69) is 39.1 Å². The lowest BCUT2D eigenvalue weighted by Crippen LogP contribution is -2.30. The zero-order valence-electron chi connectivity index (χ0n) is 16.7. The van der Waals surface area contributed by atoms with Gasteiger partial charge in [-0.3, -0.25) is 4.79 Å². The predicted octanol–water partition coefficient (Wildman–Crippen LogP) is 3.97. The summed E-state index contributed by atoms with van der Waals surface area (Å²) in [6, 6.07) is 13.9. The van der Waals surface area contributed by atoms with Crippen LogP contribution in [0.4, 0.5) is 5.69 Å². The van der Waals surface area contributed by atoms with Gasteiger partial charge in [-0.05, 0) is 56.7 Å². The fourth-order valence-corrected chi connectivity index (χ4v) is 2.99. The van der Waals surface area contributed by atoms with Crippen molar-refractivity contribution in [1.29, 1.82) is 0 Å². The standard InChI is InChI=1S/C22H26N4O/c1-6-26(14-17-7-10-19(11-8-17)25(4)5)22(27)18-9-12-20-21(13-18)24-16(3)15(2)23-20/h7-13H,6,14H2,1-5H3. The highest BCUT2D eigenvalue weighted by molar-refractivity contribution is 5.97. The third kappa shape index (κ3) is 4.08. The summed E-state index contributed by atoms with van der Waals surface area (Å²) in [5.74, 6) is 0.0103. The summed E-state index contributed by atoms with van der Waals surface area (Å²) < 4.78 is 0. The molecule has 0 bridgehead atoms. The van der Waals surface area contributed by atoms with E-state index in [9.17, 15) is 4.79 Å². The molecule has 1 aromatic heterocycles. The van der Waals surface area contributed by atoms with Crippen molar-refractivity contribution in [3.8, 4) is 0 Å². The molecule has 5 heteroatoms. The molecule has 1 amide bonds. The smallest absolute Gasteiger partial charge is 0.254 e. The van der Waals surface area contributed by atoms with E-state index in [0.29, 0.717) is 18.7 Å². The number of amides is 1. The van der Waals surface area contributed by atoms with Crippen molar-refractivity contribution < 1.29 is 4.79 Å². The Bertz CT molecular complexity index is 964. The molecule has 0 N–H and O–H groups in total. The number of benzene rings is 2. The van der Waals surface area contributed by atoms with Gasteiger partial charge in [0.2, 0.25) is 0 Å². The molecule has 0 saturated carbocycles. The molecular weight excluding hydrogens is 336 g/mol. The van der Waals surface area contributed by atoms with Crippen LogP contribution in [0.2, 0.25) is 0 Å². The fourth-order valence-electron chi connectivity index (χ4n) is 2.99. The number of anilines is 1. The van der Waals surface area contributed by atoms with Crippen LogP contribution in [0.3, 0.4) is 0 Å². The molecule has 1 heterocycles. The largest absolute Gasteiger partial charge is 0.378 e. The Balaban J connectivity index is 1.83. The Kier molecular flexibility index (Phi) is 5.40. The van der Waals surface area contributed by atoms with Crippen molar-refractivity contribution in [1.82, 2.24) is 14.9 Å². The Morgan fingerprint density at radius 3 is 2.15 bits per heavy atom. The molecule has 27 heavy (non-hydrogen) atoms. The van der Waals surface area contributed by atoms with Crippen LogP contribution in [0.25, 0.3) is 11.0 Å². The Labute approximate surface area is 160 Å². The maximum absolute atomic E-state index is 13.0. The van der Waals surface area contributed by atoms with Gasteiger partial charge in [0.15, 0.2) is 0 Å². The van der Waals surface area contributed by atoms with Crippen LogP contribution >= 0.6 is 0 Å². The lowest BCUT2D eigenvalue weighted by molar-refractivity contribution is 0.0752. The van der Waals surface area contributed by atoms with Crippen molar-refractivity contribution >= 4 is 22.6 Å². The van der Waals surface area contributed by atoms with Crippen molar-refractivity contribution in [3.63, 3.8) is 0 Å². The summed E-state index contributed by atoms with van der Waals surface area (Å²) in [6.07, 6.45) is 0. The third-order valence-electron chi connectivity index (χ3n) is 4.82. The SMILES string of the molecule is CCN(Cc1ccc(N(C)C)cc1)C(=O)c1ccc2nc(C)c(C)nc2c1. The molecule has 0 spiro atoms. The van der Waals surface area contributed by atoms with Crippen LogP contribution in [0.1, 0.15) is 34.2 Å². The van der Waals surface area contributed by atoms with Gasteiger partial charge in [0.1, 0.15) is 0 Å². The van der Waals surface area contributed by atoms with E-state index in [4.69, 9.17) is 0 Å². The highest BCUT2D eigenvalue weighted by Crippen LogP contribution is 2.18. The number of hydrogen-bond acceptors (Lipinski definition) is 4. The fraction of sp³-hybridized carbons (Fsp3) is 0.318. The van der Waals surface area contributed by atoms with Crippen molar-refractivity contribution in [2.75, 3.05) is 25.5 Å². The first-order chi connectivity index (χ1) is 12.9. The van der Waals surface area contributed by atoms with E-state index in [1.165, 1.54) is 0 Å². The van der Waals surface area contributed by atoms with E-state index in [-0.39, 0.29) is 5.91 Å². The van der Waals surface area contributed by atoms with Crippen LogP contribution in [-0.2, 0) is 6.54 Å². The second-order valence-electron chi connectivity index (χ2n) is 6.98. The van der Waals surface area contributed by atoms with Gasteiger partial charge < -0.3 is 9.80 Å². The molecule has 0 aliphatic heterocycles. The first kappa shape index (κ1) is 18.8. The Morgan fingerprint density at radius 1 is 0.926 bits per heavy atom. The highest BCUT2D eigenvalue weighted by Gasteiger charge is 2.16. The number of fused-ring (bicyclic) bond motifs is 1. The maximum atomic E-state index is 13.0. The molecule has 140 valence electrons. The highest BCUT2D eigenvalue weighted by atomic mass is 16.2. The van der Waals surface area contributed by atoms with Gasteiger partial charge in [0.05, 0.1) is 22.4 Å². The Morgan fingerprint density at radius 2 is 1.56 bits per heavy atom. The summed E-state index contributed by atoms with van der Waals surface area (Å²) >= 11 is 0. The van der Waals surface area contributed by atoms with Crippen LogP contribution in [0, 0.1) is 13.8 Å². The second-order valence-corrected chi connectivity index (χ2v) is 6.98. The summed E-state index contributed by atoms with van der Waals surface area (Å²) in [4.78, 5) is 26.0. The molecule has 0 unspecified atom stereocenters. The van der Waals surface area contributed by atoms with Crippen molar-refractivity contribution in [2.24, 2.45) is 0 Å². The summed E-state index contributed by atoms with van der Waals surface area (Å²) in [7, 11) is 4.03. The quantitative estimate of drug-likeness (QED) is 0.689. The van der Waals surface area contributed by atoms with Gasteiger partial charge in [0.25, 0.3) is 5.91 Å². The van der Waals surface area contributed by atoms with Gasteiger partial charge in [-0.1, -0.05) is 12.1 Å². The first-order valence-corrected chi connectivity index (χ1v) is 9.19. The molecule has 0 saturated heterocycles. The molecular formula is C22H26N4O. The van der Waals surface area contributed by atoms with E-state index in [1.807, 2.05) is 58.0 Å². The van der Waals surface area contributed by atoms with E-state index < -0.39 is 0 Å². The number of hydrogen-bond donors (Lipinski definition) is 0. The predicted molar refractivity (Wildman–Crippen MR) is 110 cm³/mol. The van der Waals surface area contributed by atoms with Gasteiger partial charge >= 0.3 is 0 Å². The molecule has 3 rings (SSSR count). The third-order valence-corrected chi connectivity index (χ3v) is 4.82. The average Bonchev–Trinajstić information content (AvgIpc) is 2.66. The number of carbonyl (C=O) groups excluding carboxylic acids is 1. The summed E-state index contributed by atoms with van der Waals surface area (Å²) in [5.41, 5.74) is 6.28. The number of carbonyl (C=O) groups is 1. The molecule has 0 aliphatic rings. The van der Waals surface area contributed by atoms with Crippen molar-refractivity contribution in [2.45, 2.75) is 27.3 Å². The second kappa shape index (κ2) is 7.74. The summed E-state index contributed by atoms with van der Waals surface area (Å²) in [6.45, 7) is 7.11. The van der Waals surface area contributed by atoms with E-state index in [0.717, 1.165) is 33.7 Å². The number of aromatic nitrogens is 2. The topological polar surface area (TPSA) is 49.3 Å². The normalized spacial score (nSPS) is 10.9. The number of rotatable bonds is 5. The van der Waals surface area contributed by atoms with Gasteiger partial charge in [-0.2, -0.15) is 0 Å².